The van der Waals surface area contributed by atoms with Crippen molar-refractivity contribution in [1.29, 1.82) is 0 Å². The van der Waals surface area contributed by atoms with Gasteiger partial charge in [0, 0.05) is 5.54 Å². The van der Waals surface area contributed by atoms with Crippen molar-refractivity contribution in [3.63, 3.8) is 0 Å². The fourth-order valence-corrected chi connectivity index (χ4v) is 1.95. The zero-order valence-electron chi connectivity index (χ0n) is 7.10. The molecule has 62 valence electrons. The summed E-state index contributed by atoms with van der Waals surface area (Å²) in [5, 5.41) is 0. The monoisotopic (exact) mass is 178 g/mol. The zero-order valence-corrected chi connectivity index (χ0v) is 7.86. The molecule has 2 rings (SSSR count). The molecule has 0 heterocycles. The third kappa shape index (κ3) is 1.16. The molecule has 0 unspecified atom stereocenters. The Kier molecular flexibility index (Phi) is 1.93. The van der Waals surface area contributed by atoms with Crippen molar-refractivity contribution in [2.45, 2.75) is 19.8 Å². The molecule has 0 fully saturated rings. The summed E-state index contributed by atoms with van der Waals surface area (Å²) in [7, 11) is 0. The highest BCUT2D eigenvalue weighted by Crippen LogP contribution is 2.32. The molecular weight excluding hydrogens is 168 g/mol. The molecule has 0 bridgehead atoms. The largest absolute Gasteiger partial charge is 0.0926 e. The van der Waals surface area contributed by atoms with E-state index in [4.69, 9.17) is 11.6 Å². The predicted molar refractivity (Wildman–Crippen MR) is 53.3 cm³/mol. The van der Waals surface area contributed by atoms with Gasteiger partial charge in [0.15, 0.2) is 0 Å². The third-order valence-corrected chi connectivity index (χ3v) is 2.67. The normalized spacial score (nSPS) is 18.3. The van der Waals surface area contributed by atoms with E-state index in [1.54, 1.807) is 5.54 Å². The summed E-state index contributed by atoms with van der Waals surface area (Å²) in [5.74, 6) is 0. The van der Waals surface area contributed by atoms with Gasteiger partial charge >= 0.3 is 0 Å². The lowest BCUT2D eigenvalue weighted by Gasteiger charge is -2.00. The molecule has 1 aliphatic rings. The number of rotatable bonds is 0. The Morgan fingerprint density at radius 3 is 2.92 bits per heavy atom. The van der Waals surface area contributed by atoms with Crippen LogP contribution in [0.4, 0.5) is 0 Å². The van der Waals surface area contributed by atoms with Crippen LogP contribution < -0.4 is 0 Å². The maximum Gasteiger partial charge on any atom is 0.00807 e. The van der Waals surface area contributed by atoms with Crippen LogP contribution in [0.1, 0.15) is 23.1 Å². The van der Waals surface area contributed by atoms with Crippen LogP contribution in [-0.4, -0.2) is 0 Å². The minimum absolute atomic E-state index is 1.10. The first-order valence-electron chi connectivity index (χ1n) is 4.20. The summed E-state index contributed by atoms with van der Waals surface area (Å²) in [6, 6.07) is 6.59. The average Bonchev–Trinajstić information content (AvgIpc) is 2.46. The van der Waals surface area contributed by atoms with Gasteiger partial charge in [-0.2, -0.15) is 0 Å². The van der Waals surface area contributed by atoms with E-state index < -0.39 is 0 Å². The van der Waals surface area contributed by atoms with E-state index >= 15 is 0 Å². The lowest BCUT2D eigenvalue weighted by atomic mass is 10.1. The van der Waals surface area contributed by atoms with Crippen LogP contribution in [0.25, 0.3) is 5.57 Å². The topological polar surface area (TPSA) is 0 Å². The first-order valence-corrected chi connectivity index (χ1v) is 4.64. The second-order valence-electron chi connectivity index (χ2n) is 3.29. The van der Waals surface area contributed by atoms with E-state index in [9.17, 15) is 0 Å². The highest BCUT2D eigenvalue weighted by atomic mass is 35.5. The molecule has 1 aliphatic carbocycles. The molecule has 1 aromatic carbocycles. The Labute approximate surface area is 77.9 Å². The van der Waals surface area contributed by atoms with Crippen molar-refractivity contribution in [3.8, 4) is 0 Å². The molecule has 0 saturated carbocycles. The van der Waals surface area contributed by atoms with E-state index in [1.165, 1.54) is 22.3 Å². The number of halogens is 1. The lowest BCUT2D eigenvalue weighted by Crippen LogP contribution is -1.81. The molecule has 0 N–H and O–H groups in total. The Hall–Kier alpha value is -0.750. The minimum Gasteiger partial charge on any atom is -0.0926 e. The van der Waals surface area contributed by atoms with Gasteiger partial charge in [-0.3, -0.25) is 0 Å². The molecule has 0 amide bonds. The summed E-state index contributed by atoms with van der Waals surface area (Å²) in [5.41, 5.74) is 7.10. The summed E-state index contributed by atoms with van der Waals surface area (Å²) in [6.07, 6.45) is 2.25. The van der Waals surface area contributed by atoms with Crippen molar-refractivity contribution in [2.75, 3.05) is 0 Å². The smallest absolute Gasteiger partial charge is 0.00807 e. The van der Waals surface area contributed by atoms with Gasteiger partial charge in [-0.15, -0.1) is 0 Å². The first kappa shape index (κ1) is 7.88. The second-order valence-corrected chi connectivity index (χ2v) is 3.51. The molecule has 1 aromatic rings. The molecule has 0 atom stereocenters. The number of aryl methyl sites for hydroxylation is 2. The number of hydrogen-bond acceptors (Lipinski definition) is 0. The van der Waals surface area contributed by atoms with Crippen LogP contribution in [0, 0.1) is 6.92 Å². The molecule has 0 nitrogen and oxygen atoms in total. The maximum absolute atomic E-state index is 5.73. The predicted octanol–water partition coefficient (Wildman–Crippen LogP) is 3.52. The van der Waals surface area contributed by atoms with Gasteiger partial charge < -0.3 is 0 Å². The van der Waals surface area contributed by atoms with Gasteiger partial charge in [0.25, 0.3) is 0 Å². The van der Waals surface area contributed by atoms with Crippen LogP contribution >= 0.6 is 11.6 Å². The van der Waals surface area contributed by atoms with E-state index in [0.29, 0.717) is 0 Å². The van der Waals surface area contributed by atoms with Crippen LogP contribution in [0.5, 0.6) is 0 Å². The molecule has 0 saturated heterocycles. The molecule has 0 aliphatic heterocycles. The van der Waals surface area contributed by atoms with Gasteiger partial charge in [0.2, 0.25) is 0 Å². The highest BCUT2D eigenvalue weighted by molar-refractivity contribution is 6.28. The van der Waals surface area contributed by atoms with E-state index in [1.807, 2.05) is 0 Å². The van der Waals surface area contributed by atoms with Gasteiger partial charge in [-0.1, -0.05) is 35.4 Å². The molecule has 0 radical (unpaired) electrons. The van der Waals surface area contributed by atoms with Crippen molar-refractivity contribution in [3.05, 3.63) is 40.4 Å². The molecule has 12 heavy (non-hydrogen) atoms. The summed E-state index contributed by atoms with van der Waals surface area (Å²) < 4.78 is 0. The lowest BCUT2D eigenvalue weighted by molar-refractivity contribution is 1.08. The van der Waals surface area contributed by atoms with E-state index in [-0.39, 0.29) is 0 Å². The quantitative estimate of drug-likeness (QED) is 0.570. The van der Waals surface area contributed by atoms with E-state index in [0.717, 1.165) is 12.8 Å². The summed E-state index contributed by atoms with van der Waals surface area (Å²) >= 11 is 5.73. The van der Waals surface area contributed by atoms with Crippen LogP contribution in [-0.2, 0) is 6.42 Å². The van der Waals surface area contributed by atoms with Crippen molar-refractivity contribution in [2.24, 2.45) is 0 Å². The van der Waals surface area contributed by atoms with Crippen LogP contribution in [0.2, 0.25) is 0 Å². The highest BCUT2D eigenvalue weighted by Gasteiger charge is 2.14. The second kappa shape index (κ2) is 2.95. The third-order valence-electron chi connectivity index (χ3n) is 2.41. The van der Waals surface area contributed by atoms with E-state index in [2.05, 4.69) is 25.1 Å². The van der Waals surface area contributed by atoms with Gasteiger partial charge in [-0.05, 0) is 36.5 Å². The minimum atomic E-state index is 1.10. The SMILES string of the molecule is Cc1ccc2c(c1)/C(=C\Cl)CC2. The van der Waals surface area contributed by atoms with Crippen molar-refractivity contribution in [1.82, 2.24) is 0 Å². The van der Waals surface area contributed by atoms with Crippen LogP contribution in [0.3, 0.4) is 0 Å². The molecule has 0 spiro atoms. The number of benzene rings is 1. The Morgan fingerprint density at radius 1 is 1.33 bits per heavy atom. The number of hydrogen-bond donors (Lipinski definition) is 0. The summed E-state index contributed by atoms with van der Waals surface area (Å²) in [6.45, 7) is 2.12. The van der Waals surface area contributed by atoms with Gasteiger partial charge in [0.1, 0.15) is 0 Å². The number of allylic oxidation sites excluding steroid dienone is 1. The zero-order chi connectivity index (χ0) is 8.55. The Bertz CT molecular complexity index is 337. The fourth-order valence-electron chi connectivity index (χ4n) is 1.72. The van der Waals surface area contributed by atoms with Crippen molar-refractivity contribution < 1.29 is 0 Å². The maximum atomic E-state index is 5.73. The van der Waals surface area contributed by atoms with Gasteiger partial charge in [0.05, 0.1) is 0 Å². The Morgan fingerprint density at radius 2 is 2.17 bits per heavy atom. The fraction of sp³-hybridized carbons (Fsp3) is 0.273. The molecule has 1 heteroatoms. The molecular formula is C11H11Cl. The molecule has 0 aromatic heterocycles. The summed E-state index contributed by atoms with van der Waals surface area (Å²) in [4.78, 5) is 0. The van der Waals surface area contributed by atoms with Crippen molar-refractivity contribution >= 4 is 17.2 Å². The van der Waals surface area contributed by atoms with Gasteiger partial charge in [-0.25, -0.2) is 0 Å². The Balaban J connectivity index is 2.57. The standard InChI is InChI=1S/C11H11Cl/c1-8-2-3-9-4-5-10(7-12)11(9)6-8/h2-3,6-7H,4-5H2,1H3/b10-7-. The van der Waals surface area contributed by atoms with Crippen LogP contribution in [0.15, 0.2) is 23.7 Å². The average molecular weight is 179 g/mol. The first-order chi connectivity index (χ1) is 5.81. The number of fused-ring (bicyclic) bond motifs is 1.